The van der Waals surface area contributed by atoms with Gasteiger partial charge in [0, 0.05) is 12.3 Å². The maximum absolute atomic E-state index is 12.5. The van der Waals surface area contributed by atoms with Crippen LogP contribution in [0.25, 0.3) is 0 Å². The van der Waals surface area contributed by atoms with Crippen molar-refractivity contribution in [2.24, 2.45) is 15.9 Å². The van der Waals surface area contributed by atoms with Crippen molar-refractivity contribution >= 4 is 18.4 Å². The monoisotopic (exact) mass is 313 g/mol. The van der Waals surface area contributed by atoms with Crippen molar-refractivity contribution in [2.45, 2.75) is 13.1 Å². The number of halogens is 3. The van der Waals surface area contributed by atoms with E-state index in [0.717, 1.165) is 18.2 Å². The number of rotatable bonds is 5. The molecule has 1 rings (SSSR count). The van der Waals surface area contributed by atoms with E-state index in [-0.39, 0.29) is 18.0 Å². The first-order chi connectivity index (χ1) is 10.3. The first-order valence-electron chi connectivity index (χ1n) is 6.15. The van der Waals surface area contributed by atoms with Crippen LogP contribution < -0.4 is 5.73 Å². The number of nitrogens with two attached hydrogens (primary N) is 1. The quantitative estimate of drug-likeness (QED) is 0.393. The first kappa shape index (κ1) is 17.4. The largest absolute Gasteiger partial charge is 0.461 e. The van der Waals surface area contributed by atoms with E-state index in [9.17, 15) is 18.0 Å². The van der Waals surface area contributed by atoms with Crippen molar-refractivity contribution < 1.29 is 22.7 Å². The number of nitrogens with zero attached hydrogens (tertiary/aromatic N) is 2. The molecule has 0 amide bonds. The molecule has 0 spiro atoms. The second-order valence-electron chi connectivity index (χ2n) is 4.02. The number of esters is 1. The standard InChI is InChI=1S/C14H14F3N3O2/c1-3-22-13(21)11(18)8-12(20-19-2)9-4-6-10(7-5-9)14(15,16)17/h4-8H,2-3,18H2,1H3. The van der Waals surface area contributed by atoms with Gasteiger partial charge in [-0.05, 0) is 25.1 Å². The summed E-state index contributed by atoms with van der Waals surface area (Å²) in [5, 5.41) is 6.96. The molecule has 0 aliphatic heterocycles. The number of carbonyl (C=O) groups excluding carboxylic acids is 1. The van der Waals surface area contributed by atoms with E-state index in [1.807, 2.05) is 0 Å². The highest BCUT2D eigenvalue weighted by Crippen LogP contribution is 2.29. The van der Waals surface area contributed by atoms with Gasteiger partial charge in [0.25, 0.3) is 0 Å². The van der Waals surface area contributed by atoms with Crippen LogP contribution in [0.15, 0.2) is 46.2 Å². The van der Waals surface area contributed by atoms with Crippen molar-refractivity contribution in [3.63, 3.8) is 0 Å². The van der Waals surface area contributed by atoms with Crippen LogP contribution in [0.4, 0.5) is 13.2 Å². The Morgan fingerprint density at radius 2 is 1.95 bits per heavy atom. The lowest BCUT2D eigenvalue weighted by Gasteiger charge is -2.08. The predicted octanol–water partition coefficient (Wildman–Crippen LogP) is 2.52. The highest BCUT2D eigenvalue weighted by atomic mass is 19.4. The fourth-order valence-electron chi connectivity index (χ4n) is 1.50. The first-order valence-corrected chi connectivity index (χ1v) is 6.15. The van der Waals surface area contributed by atoms with Crippen molar-refractivity contribution in [3.05, 3.63) is 47.2 Å². The molecule has 0 fully saturated rings. The molecule has 0 aromatic heterocycles. The van der Waals surface area contributed by atoms with Gasteiger partial charge in [0.2, 0.25) is 0 Å². The molecule has 8 heteroatoms. The Hall–Kier alpha value is -2.64. The molecule has 0 radical (unpaired) electrons. The van der Waals surface area contributed by atoms with E-state index in [4.69, 9.17) is 10.5 Å². The lowest BCUT2D eigenvalue weighted by Crippen LogP contribution is -2.16. The molecule has 0 saturated carbocycles. The van der Waals surface area contributed by atoms with Crippen LogP contribution in [0.5, 0.6) is 0 Å². The molecule has 0 heterocycles. The van der Waals surface area contributed by atoms with Crippen LogP contribution in [-0.2, 0) is 15.7 Å². The molecule has 5 nitrogen and oxygen atoms in total. The van der Waals surface area contributed by atoms with Gasteiger partial charge >= 0.3 is 12.1 Å². The van der Waals surface area contributed by atoms with Gasteiger partial charge < -0.3 is 10.5 Å². The second kappa shape index (κ2) is 7.39. The zero-order chi connectivity index (χ0) is 16.8. The van der Waals surface area contributed by atoms with Crippen LogP contribution in [0.1, 0.15) is 18.1 Å². The van der Waals surface area contributed by atoms with Crippen molar-refractivity contribution in [1.29, 1.82) is 0 Å². The molecule has 2 N–H and O–H groups in total. The number of hydrogen-bond acceptors (Lipinski definition) is 5. The van der Waals surface area contributed by atoms with E-state index < -0.39 is 17.7 Å². The minimum Gasteiger partial charge on any atom is -0.461 e. The third-order valence-corrected chi connectivity index (χ3v) is 2.49. The Balaban J connectivity index is 3.12. The molecule has 0 atom stereocenters. The molecule has 1 aromatic carbocycles. The molecule has 0 aliphatic rings. The molecule has 118 valence electrons. The zero-order valence-corrected chi connectivity index (χ0v) is 11.7. The average molecular weight is 313 g/mol. The smallest absolute Gasteiger partial charge is 0.416 e. The van der Waals surface area contributed by atoms with Crippen LogP contribution >= 0.6 is 0 Å². The summed E-state index contributed by atoms with van der Waals surface area (Å²) in [6.07, 6.45) is -3.28. The van der Waals surface area contributed by atoms with Gasteiger partial charge in [0.05, 0.1) is 17.9 Å². The summed E-state index contributed by atoms with van der Waals surface area (Å²) in [6.45, 7) is 4.92. The van der Waals surface area contributed by atoms with Gasteiger partial charge in [-0.2, -0.15) is 23.4 Å². The number of carbonyl (C=O) groups is 1. The molecular weight excluding hydrogens is 299 g/mol. The SMILES string of the molecule is C=NN=C(C=C(N)C(=O)OCC)c1ccc(C(F)(F)F)cc1. The molecule has 0 unspecified atom stereocenters. The Morgan fingerprint density at radius 1 is 1.36 bits per heavy atom. The van der Waals surface area contributed by atoms with Gasteiger partial charge in [-0.25, -0.2) is 4.79 Å². The van der Waals surface area contributed by atoms with Gasteiger partial charge in [-0.3, -0.25) is 0 Å². The summed E-state index contributed by atoms with van der Waals surface area (Å²) in [5.41, 5.74) is 4.88. The van der Waals surface area contributed by atoms with Crippen LogP contribution in [-0.4, -0.2) is 25.0 Å². The maximum Gasteiger partial charge on any atom is 0.416 e. The molecule has 1 aromatic rings. The fraction of sp³-hybridized carbons (Fsp3) is 0.214. The molecule has 0 aliphatic carbocycles. The van der Waals surface area contributed by atoms with Gasteiger partial charge in [-0.15, -0.1) is 0 Å². The summed E-state index contributed by atoms with van der Waals surface area (Å²) in [5.74, 6) is -0.758. The lowest BCUT2D eigenvalue weighted by atomic mass is 10.1. The highest BCUT2D eigenvalue weighted by molar-refractivity contribution is 6.11. The van der Waals surface area contributed by atoms with E-state index in [1.54, 1.807) is 6.92 Å². The van der Waals surface area contributed by atoms with E-state index in [1.165, 1.54) is 12.1 Å². The Bertz CT molecular complexity index is 605. The zero-order valence-electron chi connectivity index (χ0n) is 11.7. The highest BCUT2D eigenvalue weighted by Gasteiger charge is 2.30. The number of hydrogen-bond donors (Lipinski definition) is 1. The second-order valence-corrected chi connectivity index (χ2v) is 4.02. The third kappa shape index (κ3) is 4.72. The third-order valence-electron chi connectivity index (χ3n) is 2.49. The average Bonchev–Trinajstić information content (AvgIpc) is 2.46. The summed E-state index contributed by atoms with van der Waals surface area (Å²) in [4.78, 5) is 11.4. The number of ether oxygens (including phenoxy) is 1. The number of alkyl halides is 3. The Labute approximate surface area is 125 Å². The van der Waals surface area contributed by atoms with Gasteiger partial charge in [-0.1, -0.05) is 12.1 Å². The summed E-state index contributed by atoms with van der Waals surface area (Å²) >= 11 is 0. The Morgan fingerprint density at radius 3 is 2.41 bits per heavy atom. The van der Waals surface area contributed by atoms with E-state index in [0.29, 0.717) is 5.56 Å². The van der Waals surface area contributed by atoms with Gasteiger partial charge in [0.1, 0.15) is 5.70 Å². The summed E-state index contributed by atoms with van der Waals surface area (Å²) in [6, 6.07) is 4.17. The molecule has 0 bridgehead atoms. The van der Waals surface area contributed by atoms with Crippen molar-refractivity contribution in [2.75, 3.05) is 6.61 Å². The fourth-order valence-corrected chi connectivity index (χ4v) is 1.50. The van der Waals surface area contributed by atoms with E-state index >= 15 is 0 Å². The van der Waals surface area contributed by atoms with E-state index in [2.05, 4.69) is 16.9 Å². The molecule has 0 saturated heterocycles. The van der Waals surface area contributed by atoms with Crippen LogP contribution in [0, 0.1) is 0 Å². The van der Waals surface area contributed by atoms with Crippen LogP contribution in [0.3, 0.4) is 0 Å². The van der Waals surface area contributed by atoms with Crippen molar-refractivity contribution in [1.82, 2.24) is 0 Å². The minimum absolute atomic E-state index is 0.0919. The topological polar surface area (TPSA) is 77.0 Å². The molecular formula is C14H14F3N3O2. The Kier molecular flexibility index (Phi) is 5.85. The summed E-state index contributed by atoms with van der Waals surface area (Å²) in [7, 11) is 0. The number of benzene rings is 1. The van der Waals surface area contributed by atoms with Crippen LogP contribution in [0.2, 0.25) is 0 Å². The maximum atomic E-state index is 12.5. The normalized spacial score (nSPS) is 12.9. The number of allylic oxidation sites excluding steroid dienone is 1. The van der Waals surface area contributed by atoms with Gasteiger partial charge in [0.15, 0.2) is 0 Å². The molecule has 22 heavy (non-hydrogen) atoms. The minimum atomic E-state index is -4.44. The van der Waals surface area contributed by atoms with Crippen molar-refractivity contribution in [3.8, 4) is 0 Å². The predicted molar refractivity (Wildman–Crippen MR) is 76.4 cm³/mol. The lowest BCUT2D eigenvalue weighted by molar-refractivity contribution is -0.139. The summed E-state index contributed by atoms with van der Waals surface area (Å²) < 4.78 is 42.3.